The minimum absolute atomic E-state index is 0.00603. The summed E-state index contributed by atoms with van der Waals surface area (Å²) in [4.78, 5) is 16.1. The molecule has 1 aliphatic heterocycles. The van der Waals surface area contributed by atoms with Gasteiger partial charge in [0.2, 0.25) is 5.91 Å². The minimum atomic E-state index is -4.63. The second-order valence-electron chi connectivity index (χ2n) is 9.38. The van der Waals surface area contributed by atoms with Crippen LogP contribution in [0.25, 0.3) is 11.1 Å². The summed E-state index contributed by atoms with van der Waals surface area (Å²) < 4.78 is 43.1. The summed E-state index contributed by atoms with van der Waals surface area (Å²) in [5, 5.41) is 13.3. The Kier molecular flexibility index (Phi) is 7.57. The third-order valence-electron chi connectivity index (χ3n) is 6.59. The highest BCUT2D eigenvalue weighted by molar-refractivity contribution is 7.12. The monoisotopic (exact) mass is 527 g/mol. The van der Waals surface area contributed by atoms with Crippen LogP contribution >= 0.6 is 11.3 Å². The summed E-state index contributed by atoms with van der Waals surface area (Å²) in [6.45, 7) is 6.53. The molecule has 0 spiro atoms. The number of benzene rings is 1. The molecule has 0 saturated heterocycles. The fourth-order valence-electron chi connectivity index (χ4n) is 4.46. The fourth-order valence-corrected chi connectivity index (χ4v) is 5.50. The van der Waals surface area contributed by atoms with Crippen molar-refractivity contribution in [2.75, 3.05) is 6.54 Å². The number of hydrogen-bond donors (Lipinski definition) is 1. The lowest BCUT2D eigenvalue weighted by Crippen LogP contribution is -2.37. The van der Waals surface area contributed by atoms with Crippen molar-refractivity contribution in [1.82, 2.24) is 14.7 Å². The Bertz CT molecular complexity index is 1370. The van der Waals surface area contributed by atoms with E-state index >= 15 is 0 Å². The van der Waals surface area contributed by atoms with Crippen molar-refractivity contribution in [2.24, 2.45) is 11.7 Å². The van der Waals surface area contributed by atoms with E-state index in [1.807, 2.05) is 13.8 Å². The Hall–Kier alpha value is -3.42. The Labute approximate surface area is 217 Å². The van der Waals surface area contributed by atoms with Gasteiger partial charge in [0.05, 0.1) is 6.54 Å². The molecule has 1 aliphatic rings. The summed E-state index contributed by atoms with van der Waals surface area (Å²) in [5.74, 6) is -0.481. The van der Waals surface area contributed by atoms with Gasteiger partial charge < -0.3 is 10.6 Å². The van der Waals surface area contributed by atoms with Gasteiger partial charge in [0.25, 0.3) is 0 Å². The second kappa shape index (κ2) is 10.5. The van der Waals surface area contributed by atoms with Crippen molar-refractivity contribution in [3.05, 3.63) is 75.3 Å². The molecule has 0 aliphatic carbocycles. The van der Waals surface area contributed by atoms with E-state index in [1.165, 1.54) is 28.3 Å². The molecule has 0 fully saturated rings. The number of hydrogen-bond acceptors (Lipinski definition) is 5. The van der Waals surface area contributed by atoms with Gasteiger partial charge in [0.15, 0.2) is 5.69 Å². The van der Waals surface area contributed by atoms with Crippen LogP contribution in [-0.4, -0.2) is 33.2 Å². The highest BCUT2D eigenvalue weighted by Crippen LogP contribution is 2.44. The molecule has 4 rings (SSSR count). The average molecular weight is 528 g/mol. The highest BCUT2D eigenvalue weighted by Gasteiger charge is 2.39. The predicted octanol–water partition coefficient (Wildman–Crippen LogP) is 5.54. The van der Waals surface area contributed by atoms with Crippen molar-refractivity contribution in [2.45, 2.75) is 52.0 Å². The van der Waals surface area contributed by atoms with Crippen LogP contribution in [0.5, 0.6) is 0 Å². The first kappa shape index (κ1) is 26.6. The highest BCUT2D eigenvalue weighted by atomic mass is 32.1. The van der Waals surface area contributed by atoms with Gasteiger partial charge in [0.1, 0.15) is 10.9 Å². The number of nitriles is 1. The molecule has 6 nitrogen and oxygen atoms in total. The van der Waals surface area contributed by atoms with Crippen molar-refractivity contribution in [3.8, 4) is 17.2 Å². The molecule has 3 aromatic rings. The Morgan fingerprint density at radius 2 is 2.03 bits per heavy atom. The molecule has 1 unspecified atom stereocenters. The van der Waals surface area contributed by atoms with Crippen LogP contribution in [0.3, 0.4) is 0 Å². The Balaban J connectivity index is 1.81. The number of nitrogens with two attached hydrogens (primary N) is 1. The molecule has 2 N–H and O–H groups in total. The lowest BCUT2D eigenvalue weighted by atomic mass is 9.83. The SMILES string of the molecule is CCn1cc(-c2ccccc2[C@@H]2CN(C(=O)/C=C/C(N)C(C)C)Cc3sc(C#N)cc32)c(C(F)(F)F)n1. The first-order valence-electron chi connectivity index (χ1n) is 12.0. The summed E-state index contributed by atoms with van der Waals surface area (Å²) in [7, 11) is 0. The molecular formula is C27H28F3N5OS. The van der Waals surface area contributed by atoms with E-state index in [9.17, 15) is 23.2 Å². The summed E-state index contributed by atoms with van der Waals surface area (Å²) in [6.07, 6.45) is -0.0720. The van der Waals surface area contributed by atoms with Crippen LogP contribution in [0.4, 0.5) is 13.2 Å². The number of amides is 1. The van der Waals surface area contributed by atoms with E-state index in [0.717, 1.165) is 10.4 Å². The number of fused-ring (bicyclic) bond motifs is 1. The molecule has 0 radical (unpaired) electrons. The Morgan fingerprint density at radius 3 is 2.68 bits per heavy atom. The van der Waals surface area contributed by atoms with Gasteiger partial charge in [-0.3, -0.25) is 9.48 Å². The summed E-state index contributed by atoms with van der Waals surface area (Å²) in [5.41, 5.74) is 7.02. The number of aryl methyl sites for hydroxylation is 1. The van der Waals surface area contributed by atoms with Gasteiger partial charge >= 0.3 is 6.18 Å². The van der Waals surface area contributed by atoms with Crippen LogP contribution in [0, 0.1) is 17.2 Å². The van der Waals surface area contributed by atoms with Crippen LogP contribution in [0.1, 0.15) is 53.3 Å². The van der Waals surface area contributed by atoms with Crippen molar-refractivity contribution < 1.29 is 18.0 Å². The number of halogens is 3. The summed E-state index contributed by atoms with van der Waals surface area (Å²) >= 11 is 1.30. The number of aromatic nitrogens is 2. The molecule has 3 heterocycles. The topological polar surface area (TPSA) is 87.9 Å². The standard InChI is InChI=1S/C27H28F3N5OS/c1-4-35-14-22(26(33-35)27(28,29)30)19-8-6-5-7-18(19)21-13-34(25(36)10-9-23(32)16(2)3)15-24-20(21)11-17(12-31)37-24/h5-11,14,16,21,23H,4,13,15,32H2,1-3H3/b10-9+/t21-,23?/m0/s1. The third kappa shape index (κ3) is 5.48. The van der Waals surface area contributed by atoms with Crippen LogP contribution in [0.15, 0.2) is 48.7 Å². The number of alkyl halides is 3. The zero-order valence-corrected chi connectivity index (χ0v) is 21.6. The maximum absolute atomic E-state index is 13.9. The van der Waals surface area contributed by atoms with Crippen molar-refractivity contribution >= 4 is 17.2 Å². The molecular weight excluding hydrogens is 499 g/mol. The quantitative estimate of drug-likeness (QED) is 0.427. The van der Waals surface area contributed by atoms with Gasteiger partial charge in [-0.05, 0) is 35.6 Å². The van der Waals surface area contributed by atoms with Crippen molar-refractivity contribution in [3.63, 3.8) is 0 Å². The molecule has 2 atom stereocenters. The van der Waals surface area contributed by atoms with E-state index in [-0.39, 0.29) is 30.0 Å². The predicted molar refractivity (Wildman–Crippen MR) is 137 cm³/mol. The lowest BCUT2D eigenvalue weighted by Gasteiger charge is -2.33. The fraction of sp³-hybridized carbons (Fsp3) is 0.370. The zero-order chi connectivity index (χ0) is 26.9. The van der Waals surface area contributed by atoms with E-state index in [2.05, 4.69) is 11.2 Å². The maximum atomic E-state index is 13.9. The van der Waals surface area contributed by atoms with Crippen LogP contribution in [0.2, 0.25) is 0 Å². The Morgan fingerprint density at radius 1 is 1.30 bits per heavy atom. The molecule has 0 saturated carbocycles. The molecule has 0 bridgehead atoms. The molecule has 2 aromatic heterocycles. The second-order valence-corrected chi connectivity index (χ2v) is 10.5. The number of thiophene rings is 1. The van der Waals surface area contributed by atoms with E-state index in [0.29, 0.717) is 29.1 Å². The summed E-state index contributed by atoms with van der Waals surface area (Å²) in [6, 6.07) is 10.6. The molecule has 194 valence electrons. The van der Waals surface area contributed by atoms with E-state index in [4.69, 9.17) is 5.73 Å². The largest absolute Gasteiger partial charge is 0.435 e. The number of rotatable bonds is 6. The zero-order valence-electron chi connectivity index (χ0n) is 20.8. The minimum Gasteiger partial charge on any atom is -0.333 e. The molecule has 10 heteroatoms. The van der Waals surface area contributed by atoms with Crippen molar-refractivity contribution in [1.29, 1.82) is 5.26 Å². The van der Waals surface area contributed by atoms with Gasteiger partial charge in [-0.25, -0.2) is 0 Å². The normalized spacial score (nSPS) is 16.7. The van der Waals surface area contributed by atoms with Gasteiger partial charge in [-0.2, -0.15) is 23.5 Å². The molecule has 37 heavy (non-hydrogen) atoms. The lowest BCUT2D eigenvalue weighted by molar-refractivity contribution is -0.141. The van der Waals surface area contributed by atoms with Crippen LogP contribution < -0.4 is 5.73 Å². The van der Waals surface area contributed by atoms with Gasteiger partial charge in [0, 0.05) is 47.8 Å². The number of carbonyl (C=O) groups is 1. The average Bonchev–Trinajstić information content (AvgIpc) is 3.50. The third-order valence-corrected chi connectivity index (χ3v) is 7.63. The number of nitrogens with zero attached hydrogens (tertiary/aromatic N) is 4. The van der Waals surface area contributed by atoms with E-state index in [1.54, 1.807) is 48.2 Å². The first-order valence-corrected chi connectivity index (χ1v) is 12.8. The van der Waals surface area contributed by atoms with Gasteiger partial charge in [-0.1, -0.05) is 44.2 Å². The van der Waals surface area contributed by atoms with Gasteiger partial charge in [-0.15, -0.1) is 11.3 Å². The number of carbonyl (C=O) groups excluding carboxylic acids is 1. The maximum Gasteiger partial charge on any atom is 0.435 e. The van der Waals surface area contributed by atoms with Crippen LogP contribution in [-0.2, 0) is 24.1 Å². The van der Waals surface area contributed by atoms with E-state index < -0.39 is 17.8 Å². The smallest absolute Gasteiger partial charge is 0.333 e. The molecule has 1 aromatic carbocycles. The first-order chi connectivity index (χ1) is 17.5. The molecule has 1 amide bonds.